The van der Waals surface area contributed by atoms with Crippen molar-refractivity contribution in [3.8, 4) is 5.88 Å². The average molecular weight is 268 g/mol. The van der Waals surface area contributed by atoms with Crippen molar-refractivity contribution in [2.45, 2.75) is 13.5 Å². The van der Waals surface area contributed by atoms with Gasteiger partial charge in [0.15, 0.2) is 4.96 Å². The molecule has 100 valence electrons. The number of imidazole rings is 1. The molecule has 18 heavy (non-hydrogen) atoms. The van der Waals surface area contributed by atoms with Crippen LogP contribution in [0.25, 0.3) is 4.96 Å². The summed E-state index contributed by atoms with van der Waals surface area (Å²) in [5.74, 6) is 0.721. The zero-order valence-corrected chi connectivity index (χ0v) is 12.0. The van der Waals surface area contributed by atoms with Gasteiger partial charge < -0.3 is 15.0 Å². The predicted octanol–water partition coefficient (Wildman–Crippen LogP) is 1.45. The summed E-state index contributed by atoms with van der Waals surface area (Å²) in [5, 5.41) is 5.47. The van der Waals surface area contributed by atoms with Gasteiger partial charge in [0, 0.05) is 31.2 Å². The summed E-state index contributed by atoms with van der Waals surface area (Å²) in [5.41, 5.74) is 1.09. The van der Waals surface area contributed by atoms with Gasteiger partial charge in [0.1, 0.15) is 5.69 Å². The molecule has 0 fully saturated rings. The first-order valence-electron chi connectivity index (χ1n) is 6.14. The largest absolute Gasteiger partial charge is 0.480 e. The Kier molecular flexibility index (Phi) is 4.57. The van der Waals surface area contributed by atoms with Crippen molar-refractivity contribution in [1.29, 1.82) is 0 Å². The maximum atomic E-state index is 5.31. The summed E-state index contributed by atoms with van der Waals surface area (Å²) in [4.78, 5) is 7.69. The van der Waals surface area contributed by atoms with Gasteiger partial charge in [-0.25, -0.2) is 0 Å². The predicted molar refractivity (Wildman–Crippen MR) is 74.5 cm³/mol. The van der Waals surface area contributed by atoms with Crippen LogP contribution in [0.2, 0.25) is 0 Å². The van der Waals surface area contributed by atoms with Crippen LogP contribution in [-0.4, -0.2) is 48.1 Å². The maximum Gasteiger partial charge on any atom is 0.237 e. The molecular formula is C12H20N4OS. The lowest BCUT2D eigenvalue weighted by molar-refractivity contribution is 0.346. The highest BCUT2D eigenvalue weighted by Crippen LogP contribution is 2.22. The highest BCUT2D eigenvalue weighted by molar-refractivity contribution is 7.15. The number of thiazole rings is 1. The zero-order chi connectivity index (χ0) is 13.0. The minimum Gasteiger partial charge on any atom is -0.480 e. The lowest BCUT2D eigenvalue weighted by Gasteiger charge is -2.13. The molecule has 2 rings (SSSR count). The third-order valence-electron chi connectivity index (χ3n) is 3.02. The number of methoxy groups -OCH3 is 1. The Balaban J connectivity index is 1.95. The van der Waals surface area contributed by atoms with Gasteiger partial charge in [0.2, 0.25) is 5.88 Å². The molecule has 2 heterocycles. The molecule has 6 heteroatoms. The first-order chi connectivity index (χ1) is 8.76. The van der Waals surface area contributed by atoms with Crippen molar-refractivity contribution >= 4 is 16.3 Å². The number of aromatic nitrogens is 2. The van der Waals surface area contributed by atoms with Crippen LogP contribution in [0.15, 0.2) is 11.6 Å². The fourth-order valence-electron chi connectivity index (χ4n) is 1.77. The highest BCUT2D eigenvalue weighted by Gasteiger charge is 2.12. The molecular weight excluding hydrogens is 248 g/mol. The lowest BCUT2D eigenvalue weighted by Crippen LogP contribution is -2.29. The lowest BCUT2D eigenvalue weighted by atomic mass is 10.4. The molecule has 0 bridgehead atoms. The molecule has 0 saturated carbocycles. The molecule has 1 N–H and O–H groups in total. The van der Waals surface area contributed by atoms with Gasteiger partial charge in [0.25, 0.3) is 0 Å². The van der Waals surface area contributed by atoms with Crippen LogP contribution >= 0.6 is 11.3 Å². The van der Waals surface area contributed by atoms with Gasteiger partial charge in [-0.2, -0.15) is 4.98 Å². The Morgan fingerprint density at radius 1 is 1.56 bits per heavy atom. The van der Waals surface area contributed by atoms with Crippen molar-refractivity contribution in [3.63, 3.8) is 0 Å². The smallest absolute Gasteiger partial charge is 0.237 e. The molecule has 0 atom stereocenters. The van der Waals surface area contributed by atoms with E-state index < -0.39 is 0 Å². The fourth-order valence-corrected chi connectivity index (χ4v) is 2.50. The fraction of sp³-hybridized carbons (Fsp3) is 0.583. The van der Waals surface area contributed by atoms with Crippen molar-refractivity contribution in [2.24, 2.45) is 0 Å². The van der Waals surface area contributed by atoms with Crippen LogP contribution < -0.4 is 10.1 Å². The summed E-state index contributed by atoms with van der Waals surface area (Å²) in [7, 11) is 3.79. The Morgan fingerprint density at radius 2 is 2.39 bits per heavy atom. The number of nitrogens with one attached hydrogen (secondary N) is 1. The third kappa shape index (κ3) is 2.82. The molecule has 0 unspecified atom stereocenters. The van der Waals surface area contributed by atoms with E-state index in [1.54, 1.807) is 18.4 Å². The van der Waals surface area contributed by atoms with Crippen LogP contribution in [0.4, 0.5) is 0 Å². The normalized spacial score (nSPS) is 11.6. The quantitative estimate of drug-likeness (QED) is 0.772. The van der Waals surface area contributed by atoms with Crippen molar-refractivity contribution in [3.05, 3.63) is 17.3 Å². The molecule has 0 radical (unpaired) electrons. The molecule has 0 spiro atoms. The number of ether oxygens (including phenoxy) is 1. The third-order valence-corrected chi connectivity index (χ3v) is 3.78. The summed E-state index contributed by atoms with van der Waals surface area (Å²) in [6, 6.07) is 0. The second-order valence-electron chi connectivity index (χ2n) is 4.20. The van der Waals surface area contributed by atoms with Gasteiger partial charge in [-0.3, -0.25) is 4.40 Å². The molecule has 2 aromatic heterocycles. The van der Waals surface area contributed by atoms with Crippen molar-refractivity contribution in [1.82, 2.24) is 19.6 Å². The van der Waals surface area contributed by atoms with Crippen molar-refractivity contribution in [2.75, 3.05) is 33.8 Å². The van der Waals surface area contributed by atoms with Gasteiger partial charge >= 0.3 is 0 Å². The summed E-state index contributed by atoms with van der Waals surface area (Å²) < 4.78 is 7.40. The van der Waals surface area contributed by atoms with Crippen LogP contribution in [0.1, 0.15) is 12.6 Å². The molecule has 5 nitrogen and oxygen atoms in total. The van der Waals surface area contributed by atoms with Crippen molar-refractivity contribution < 1.29 is 4.74 Å². The molecule has 0 amide bonds. The Morgan fingerprint density at radius 3 is 3.11 bits per heavy atom. The number of hydrogen-bond donors (Lipinski definition) is 1. The van der Waals surface area contributed by atoms with E-state index in [-0.39, 0.29) is 0 Å². The van der Waals surface area contributed by atoms with E-state index in [1.165, 1.54) is 0 Å². The van der Waals surface area contributed by atoms with E-state index in [0.717, 1.165) is 42.7 Å². The van der Waals surface area contributed by atoms with E-state index in [2.05, 4.69) is 33.6 Å². The first-order valence-corrected chi connectivity index (χ1v) is 7.02. The summed E-state index contributed by atoms with van der Waals surface area (Å²) in [6.45, 7) is 6.02. The molecule has 0 aliphatic heterocycles. The van der Waals surface area contributed by atoms with E-state index in [1.807, 2.05) is 11.6 Å². The van der Waals surface area contributed by atoms with Gasteiger partial charge in [-0.1, -0.05) is 6.92 Å². The Hall–Kier alpha value is -1.11. The Bertz CT molecular complexity index is 493. The van der Waals surface area contributed by atoms with Gasteiger partial charge in [-0.15, -0.1) is 11.3 Å². The van der Waals surface area contributed by atoms with E-state index >= 15 is 0 Å². The van der Waals surface area contributed by atoms with Crippen LogP contribution in [0.3, 0.4) is 0 Å². The molecule has 2 aromatic rings. The first kappa shape index (κ1) is 13.3. The summed E-state index contributed by atoms with van der Waals surface area (Å²) in [6.07, 6.45) is 2.03. The second-order valence-corrected chi connectivity index (χ2v) is 5.07. The minimum atomic E-state index is 0.721. The van der Waals surface area contributed by atoms with Crippen LogP contribution in [0.5, 0.6) is 5.88 Å². The minimum absolute atomic E-state index is 0.721. The number of rotatable bonds is 7. The van der Waals surface area contributed by atoms with E-state index in [9.17, 15) is 0 Å². The average Bonchev–Trinajstić information content (AvgIpc) is 2.95. The standard InChI is InChI=1S/C12H20N4OS/c1-4-15(2)6-5-13-9-10-11(17-3)14-12-16(10)7-8-18-12/h7-8,13H,4-6,9H2,1-3H3. The SMILES string of the molecule is CCN(C)CCNCc1c(OC)nc2sccn12. The number of nitrogens with zero attached hydrogens (tertiary/aromatic N) is 3. The maximum absolute atomic E-state index is 5.31. The summed E-state index contributed by atoms with van der Waals surface area (Å²) >= 11 is 1.62. The second kappa shape index (κ2) is 6.17. The van der Waals surface area contributed by atoms with E-state index in [4.69, 9.17) is 4.74 Å². The van der Waals surface area contributed by atoms with Gasteiger partial charge in [-0.05, 0) is 13.6 Å². The zero-order valence-electron chi connectivity index (χ0n) is 11.1. The molecule has 0 aromatic carbocycles. The monoisotopic (exact) mass is 268 g/mol. The highest BCUT2D eigenvalue weighted by atomic mass is 32.1. The number of hydrogen-bond acceptors (Lipinski definition) is 5. The molecule has 0 saturated heterocycles. The topological polar surface area (TPSA) is 41.8 Å². The molecule has 0 aliphatic rings. The van der Waals surface area contributed by atoms with Gasteiger partial charge in [0.05, 0.1) is 7.11 Å². The van der Waals surface area contributed by atoms with Crippen LogP contribution in [0, 0.1) is 0 Å². The Labute approximate surface area is 111 Å². The number of fused-ring (bicyclic) bond motifs is 1. The number of likely N-dealkylation sites (N-methyl/N-ethyl adjacent to an activating group) is 1. The van der Waals surface area contributed by atoms with E-state index in [0.29, 0.717) is 0 Å². The van der Waals surface area contributed by atoms with Crippen LogP contribution in [-0.2, 0) is 6.54 Å². The molecule has 0 aliphatic carbocycles.